The molecule has 0 saturated heterocycles. The molecule has 0 spiro atoms. The van der Waals surface area contributed by atoms with E-state index >= 15 is 0 Å². The number of hydrogen-bond donors (Lipinski definition) is 1. The van der Waals surface area contributed by atoms with Crippen molar-refractivity contribution < 1.29 is 4.39 Å². The molecule has 1 heterocycles. The van der Waals surface area contributed by atoms with Gasteiger partial charge in [0, 0.05) is 10.7 Å². The van der Waals surface area contributed by atoms with Gasteiger partial charge in [-0.25, -0.2) is 4.39 Å². The summed E-state index contributed by atoms with van der Waals surface area (Å²) in [5.74, 6) is -0.273. The van der Waals surface area contributed by atoms with Gasteiger partial charge in [-0.15, -0.1) is 0 Å². The predicted molar refractivity (Wildman–Crippen MR) is 66.4 cm³/mol. The van der Waals surface area contributed by atoms with Gasteiger partial charge in [-0.05, 0) is 46.6 Å². The van der Waals surface area contributed by atoms with Crippen molar-refractivity contribution in [2.45, 2.75) is 6.92 Å². The summed E-state index contributed by atoms with van der Waals surface area (Å²) in [7, 11) is 0. The fourth-order valence-corrected chi connectivity index (χ4v) is 1.74. The quantitative estimate of drug-likeness (QED) is 0.898. The average molecular weight is 281 g/mol. The molecule has 0 fully saturated rings. The van der Waals surface area contributed by atoms with Gasteiger partial charge in [-0.3, -0.25) is 4.98 Å². The number of aryl methyl sites for hydroxylation is 1. The number of anilines is 2. The number of hydrogen-bond acceptors (Lipinski definition) is 2. The summed E-state index contributed by atoms with van der Waals surface area (Å²) in [6.07, 6.45) is 3.32. The summed E-state index contributed by atoms with van der Waals surface area (Å²) in [4.78, 5) is 4.00. The van der Waals surface area contributed by atoms with Gasteiger partial charge >= 0.3 is 0 Å². The molecule has 0 amide bonds. The monoisotopic (exact) mass is 280 g/mol. The number of pyridine rings is 1. The number of rotatable bonds is 2. The van der Waals surface area contributed by atoms with Crippen molar-refractivity contribution in [3.8, 4) is 0 Å². The Morgan fingerprint density at radius 3 is 2.81 bits per heavy atom. The van der Waals surface area contributed by atoms with Crippen LogP contribution >= 0.6 is 15.9 Å². The van der Waals surface area contributed by atoms with Gasteiger partial charge in [0.25, 0.3) is 0 Å². The summed E-state index contributed by atoms with van der Waals surface area (Å²) in [6.45, 7) is 1.92. The standard InChI is InChI=1S/C12H10BrFN2/c1-8-2-3-11(14)12(4-8)16-10-5-9(13)6-15-7-10/h2-7,16H,1H3. The van der Waals surface area contributed by atoms with Crippen LogP contribution in [0, 0.1) is 12.7 Å². The Kier molecular flexibility index (Phi) is 3.19. The van der Waals surface area contributed by atoms with Crippen molar-refractivity contribution in [1.82, 2.24) is 4.98 Å². The van der Waals surface area contributed by atoms with Crippen LogP contribution in [0.25, 0.3) is 0 Å². The third kappa shape index (κ3) is 2.58. The molecule has 1 aromatic carbocycles. The molecule has 0 unspecified atom stereocenters. The van der Waals surface area contributed by atoms with Gasteiger partial charge < -0.3 is 5.32 Å². The lowest BCUT2D eigenvalue weighted by Crippen LogP contribution is -1.94. The van der Waals surface area contributed by atoms with Gasteiger partial charge in [0.15, 0.2) is 0 Å². The summed E-state index contributed by atoms with van der Waals surface area (Å²) < 4.78 is 14.3. The largest absolute Gasteiger partial charge is 0.352 e. The first kappa shape index (κ1) is 11.1. The maximum atomic E-state index is 13.5. The van der Waals surface area contributed by atoms with Crippen molar-refractivity contribution in [2.24, 2.45) is 0 Å². The minimum atomic E-state index is -0.273. The lowest BCUT2D eigenvalue weighted by Gasteiger charge is -2.08. The van der Waals surface area contributed by atoms with Crippen LogP contribution in [-0.2, 0) is 0 Å². The molecular formula is C12H10BrFN2. The maximum Gasteiger partial charge on any atom is 0.146 e. The normalized spacial score (nSPS) is 10.2. The van der Waals surface area contributed by atoms with E-state index in [4.69, 9.17) is 0 Å². The fourth-order valence-electron chi connectivity index (χ4n) is 1.37. The van der Waals surface area contributed by atoms with Crippen LogP contribution in [0.5, 0.6) is 0 Å². The first-order chi connectivity index (χ1) is 7.65. The minimum absolute atomic E-state index is 0.273. The van der Waals surface area contributed by atoms with Gasteiger partial charge in [0.2, 0.25) is 0 Å². The van der Waals surface area contributed by atoms with E-state index in [0.717, 1.165) is 15.7 Å². The zero-order valence-electron chi connectivity index (χ0n) is 8.67. The van der Waals surface area contributed by atoms with Crippen LogP contribution in [0.15, 0.2) is 41.1 Å². The summed E-state index contributed by atoms with van der Waals surface area (Å²) in [5.41, 5.74) is 2.21. The van der Waals surface area contributed by atoms with Gasteiger partial charge in [-0.1, -0.05) is 6.07 Å². The molecule has 2 aromatic rings. The lowest BCUT2D eigenvalue weighted by atomic mass is 10.2. The first-order valence-electron chi connectivity index (χ1n) is 4.79. The molecule has 2 nitrogen and oxygen atoms in total. The maximum absolute atomic E-state index is 13.5. The molecule has 0 bridgehead atoms. The van der Waals surface area contributed by atoms with Crippen molar-refractivity contribution in [2.75, 3.05) is 5.32 Å². The molecule has 0 atom stereocenters. The van der Waals surface area contributed by atoms with Crippen LogP contribution in [0.1, 0.15) is 5.56 Å². The van der Waals surface area contributed by atoms with Crippen molar-refractivity contribution >= 4 is 27.3 Å². The smallest absolute Gasteiger partial charge is 0.146 e. The summed E-state index contributed by atoms with van der Waals surface area (Å²) >= 11 is 3.31. The van der Waals surface area contributed by atoms with Crippen molar-refractivity contribution in [1.29, 1.82) is 0 Å². The number of nitrogens with one attached hydrogen (secondary N) is 1. The third-order valence-electron chi connectivity index (χ3n) is 2.11. The molecule has 0 saturated carbocycles. The molecule has 2 rings (SSSR count). The van der Waals surface area contributed by atoms with Crippen LogP contribution in [0.4, 0.5) is 15.8 Å². The van der Waals surface area contributed by atoms with E-state index in [1.165, 1.54) is 6.07 Å². The SMILES string of the molecule is Cc1ccc(F)c(Nc2cncc(Br)c2)c1. The second-order valence-corrected chi connectivity index (χ2v) is 4.42. The number of nitrogens with zero attached hydrogens (tertiary/aromatic N) is 1. The molecule has 0 aliphatic rings. The average Bonchev–Trinajstić information content (AvgIpc) is 2.24. The Morgan fingerprint density at radius 1 is 1.25 bits per heavy atom. The van der Waals surface area contributed by atoms with Crippen LogP contribution in [0.2, 0.25) is 0 Å². The van der Waals surface area contributed by atoms with Crippen LogP contribution < -0.4 is 5.32 Å². The van der Waals surface area contributed by atoms with Crippen molar-refractivity contribution in [3.05, 3.63) is 52.5 Å². The molecule has 0 aliphatic carbocycles. The number of aromatic nitrogens is 1. The summed E-state index contributed by atoms with van der Waals surface area (Å²) in [5, 5.41) is 2.99. The number of halogens is 2. The first-order valence-corrected chi connectivity index (χ1v) is 5.58. The minimum Gasteiger partial charge on any atom is -0.352 e. The molecule has 1 aromatic heterocycles. The van der Waals surface area contributed by atoms with Gasteiger partial charge in [0.1, 0.15) is 5.82 Å². The predicted octanol–water partition coefficient (Wildman–Crippen LogP) is 4.04. The van der Waals surface area contributed by atoms with E-state index in [1.54, 1.807) is 24.5 Å². The lowest BCUT2D eigenvalue weighted by molar-refractivity contribution is 0.631. The molecule has 4 heteroatoms. The van der Waals surface area contributed by atoms with E-state index in [2.05, 4.69) is 26.2 Å². The van der Waals surface area contributed by atoms with Crippen LogP contribution in [-0.4, -0.2) is 4.98 Å². The Labute approximate surface area is 102 Å². The fraction of sp³-hybridized carbons (Fsp3) is 0.0833. The van der Waals surface area contributed by atoms with E-state index in [-0.39, 0.29) is 5.82 Å². The molecule has 0 aliphatic heterocycles. The highest BCUT2D eigenvalue weighted by Crippen LogP contribution is 2.22. The molecule has 82 valence electrons. The Bertz CT molecular complexity index is 514. The third-order valence-corrected chi connectivity index (χ3v) is 2.54. The topological polar surface area (TPSA) is 24.9 Å². The zero-order chi connectivity index (χ0) is 11.5. The highest BCUT2D eigenvalue weighted by molar-refractivity contribution is 9.10. The van der Waals surface area contributed by atoms with Gasteiger partial charge in [0.05, 0.1) is 17.6 Å². The Balaban J connectivity index is 2.30. The summed E-state index contributed by atoms with van der Waals surface area (Å²) in [6, 6.07) is 6.79. The molecule has 16 heavy (non-hydrogen) atoms. The second kappa shape index (κ2) is 4.61. The van der Waals surface area contributed by atoms with E-state index in [0.29, 0.717) is 5.69 Å². The highest BCUT2D eigenvalue weighted by atomic mass is 79.9. The zero-order valence-corrected chi connectivity index (χ0v) is 10.3. The van der Waals surface area contributed by atoms with Crippen LogP contribution in [0.3, 0.4) is 0 Å². The highest BCUT2D eigenvalue weighted by Gasteiger charge is 2.02. The van der Waals surface area contributed by atoms with E-state index in [1.807, 2.05) is 13.0 Å². The molecule has 0 radical (unpaired) electrons. The van der Waals surface area contributed by atoms with Gasteiger partial charge in [-0.2, -0.15) is 0 Å². The second-order valence-electron chi connectivity index (χ2n) is 3.50. The Hall–Kier alpha value is -1.42. The van der Waals surface area contributed by atoms with Crippen molar-refractivity contribution in [3.63, 3.8) is 0 Å². The molecule has 1 N–H and O–H groups in total. The number of benzene rings is 1. The van der Waals surface area contributed by atoms with E-state index in [9.17, 15) is 4.39 Å². The molecular weight excluding hydrogens is 271 g/mol. The van der Waals surface area contributed by atoms with E-state index < -0.39 is 0 Å². The Morgan fingerprint density at radius 2 is 2.06 bits per heavy atom.